The third-order valence-electron chi connectivity index (χ3n) is 1.79. The van der Waals surface area contributed by atoms with E-state index in [0.717, 1.165) is 4.43 Å². The van der Waals surface area contributed by atoms with E-state index in [9.17, 15) is 13.2 Å². The van der Waals surface area contributed by atoms with Gasteiger partial charge in [0.25, 0.3) is 0 Å². The summed E-state index contributed by atoms with van der Waals surface area (Å²) in [5.41, 5.74) is 0. The molecule has 1 atom stereocenters. The highest BCUT2D eigenvalue weighted by Crippen LogP contribution is 2.18. The van der Waals surface area contributed by atoms with E-state index in [1.807, 2.05) is 13.8 Å². The van der Waals surface area contributed by atoms with Crippen LogP contribution in [0.25, 0.3) is 0 Å². The van der Waals surface area contributed by atoms with E-state index in [-0.39, 0.29) is 12.6 Å². The summed E-state index contributed by atoms with van der Waals surface area (Å²) in [5.74, 6) is 0.380. The van der Waals surface area contributed by atoms with Crippen LogP contribution >= 0.6 is 22.6 Å². The quantitative estimate of drug-likeness (QED) is 0.608. The highest BCUT2D eigenvalue weighted by molar-refractivity contribution is 14.1. The molecule has 0 aliphatic heterocycles. The number of hydrogen-bond donors (Lipinski definition) is 1. The Morgan fingerprint density at radius 3 is 2.15 bits per heavy atom. The second-order valence-corrected chi connectivity index (χ2v) is 4.20. The Morgan fingerprint density at radius 2 is 1.85 bits per heavy atom. The van der Waals surface area contributed by atoms with Crippen molar-refractivity contribution in [3.63, 3.8) is 0 Å². The summed E-state index contributed by atoms with van der Waals surface area (Å²) in [6, 6.07) is 0.183. The second kappa shape index (κ2) is 6.06. The number of hydrogen-bond acceptors (Lipinski definition) is 1. The maximum absolute atomic E-state index is 11.8. The average Bonchev–Trinajstić information content (AvgIpc) is 1.95. The minimum atomic E-state index is -4.04. The summed E-state index contributed by atoms with van der Waals surface area (Å²) >= 11 is 2.18. The van der Waals surface area contributed by atoms with E-state index in [2.05, 4.69) is 27.9 Å². The lowest BCUT2D eigenvalue weighted by atomic mass is 10.1. The summed E-state index contributed by atoms with van der Waals surface area (Å²) in [6.45, 7) is 4.03. The summed E-state index contributed by atoms with van der Waals surface area (Å²) in [6.07, 6.45) is -4.79. The first-order chi connectivity index (χ1) is 5.87. The van der Waals surface area contributed by atoms with E-state index >= 15 is 0 Å². The van der Waals surface area contributed by atoms with Gasteiger partial charge in [-0.3, -0.25) is 0 Å². The molecule has 0 rings (SSSR count). The summed E-state index contributed by atoms with van der Waals surface area (Å²) in [5, 5.41) is 2.90. The van der Waals surface area contributed by atoms with Crippen LogP contribution in [-0.2, 0) is 0 Å². The molecule has 1 nitrogen and oxygen atoms in total. The van der Waals surface area contributed by atoms with E-state index < -0.39 is 12.6 Å². The van der Waals surface area contributed by atoms with Crippen LogP contribution in [0.15, 0.2) is 0 Å². The van der Waals surface area contributed by atoms with Crippen LogP contribution in [0.1, 0.15) is 20.3 Å². The van der Waals surface area contributed by atoms with Gasteiger partial charge >= 0.3 is 6.18 Å². The molecule has 0 saturated heterocycles. The van der Waals surface area contributed by atoms with Crippen LogP contribution < -0.4 is 5.32 Å². The Morgan fingerprint density at radius 1 is 1.31 bits per heavy atom. The summed E-state index contributed by atoms with van der Waals surface area (Å²) in [7, 11) is 0. The van der Waals surface area contributed by atoms with Crippen molar-refractivity contribution in [2.75, 3.05) is 11.0 Å². The predicted octanol–water partition coefficient (Wildman–Crippen LogP) is 2.99. The van der Waals surface area contributed by atoms with Gasteiger partial charge in [-0.05, 0) is 5.92 Å². The zero-order valence-corrected chi connectivity index (χ0v) is 9.95. The minimum Gasteiger partial charge on any atom is -0.313 e. The van der Waals surface area contributed by atoms with Crippen molar-refractivity contribution in [1.29, 1.82) is 0 Å². The first kappa shape index (κ1) is 13.5. The molecule has 5 heteroatoms. The minimum absolute atomic E-state index is 0.0232. The molecule has 0 heterocycles. The molecule has 0 aromatic carbocycles. The number of nitrogens with one attached hydrogen (secondary N) is 1. The summed E-state index contributed by atoms with van der Waals surface area (Å²) in [4.78, 5) is 0. The lowest BCUT2D eigenvalue weighted by Gasteiger charge is -2.20. The first-order valence-corrected chi connectivity index (χ1v) is 5.75. The topological polar surface area (TPSA) is 12.0 Å². The lowest BCUT2D eigenvalue weighted by Crippen LogP contribution is -2.37. The zero-order chi connectivity index (χ0) is 10.5. The summed E-state index contributed by atoms with van der Waals surface area (Å²) < 4.78 is 36.1. The van der Waals surface area contributed by atoms with Gasteiger partial charge in [0.15, 0.2) is 0 Å². The molecule has 0 spiro atoms. The van der Waals surface area contributed by atoms with Gasteiger partial charge in [0.1, 0.15) is 0 Å². The number of alkyl halides is 4. The van der Waals surface area contributed by atoms with Gasteiger partial charge in [0.05, 0.1) is 6.42 Å². The lowest BCUT2D eigenvalue weighted by molar-refractivity contribution is -0.133. The fourth-order valence-corrected chi connectivity index (χ4v) is 2.20. The molecule has 0 aliphatic carbocycles. The molecule has 0 saturated carbocycles. The Labute approximate surface area is 90.6 Å². The van der Waals surface area contributed by atoms with Crippen LogP contribution in [0.3, 0.4) is 0 Å². The molecule has 80 valence electrons. The SMILES string of the molecule is CC(C)C(CI)NCCC(F)(F)F. The molecule has 1 N–H and O–H groups in total. The fourth-order valence-electron chi connectivity index (χ4n) is 0.868. The van der Waals surface area contributed by atoms with Crippen molar-refractivity contribution in [3.8, 4) is 0 Å². The number of rotatable bonds is 5. The van der Waals surface area contributed by atoms with E-state index in [4.69, 9.17) is 0 Å². The molecule has 13 heavy (non-hydrogen) atoms. The second-order valence-electron chi connectivity index (χ2n) is 3.32. The van der Waals surface area contributed by atoms with Crippen LogP contribution in [0, 0.1) is 5.92 Å². The Kier molecular flexibility index (Phi) is 6.28. The van der Waals surface area contributed by atoms with E-state index in [0.29, 0.717) is 5.92 Å². The van der Waals surface area contributed by atoms with Crippen molar-refractivity contribution in [1.82, 2.24) is 5.32 Å². The number of halogens is 4. The molecule has 0 fully saturated rings. The Balaban J connectivity index is 3.62. The predicted molar refractivity (Wildman–Crippen MR) is 56.2 cm³/mol. The maximum atomic E-state index is 11.8. The van der Waals surface area contributed by atoms with Gasteiger partial charge in [-0.15, -0.1) is 0 Å². The van der Waals surface area contributed by atoms with Crippen LogP contribution in [0.4, 0.5) is 13.2 Å². The third kappa shape index (κ3) is 7.54. The van der Waals surface area contributed by atoms with Gasteiger partial charge in [0, 0.05) is 17.0 Å². The van der Waals surface area contributed by atoms with Crippen molar-refractivity contribution in [2.24, 2.45) is 5.92 Å². The van der Waals surface area contributed by atoms with Gasteiger partial charge < -0.3 is 5.32 Å². The largest absolute Gasteiger partial charge is 0.390 e. The standard InChI is InChI=1S/C8H15F3IN/c1-6(2)7(5-12)13-4-3-8(9,10)11/h6-7,13H,3-5H2,1-2H3. The van der Waals surface area contributed by atoms with Crippen LogP contribution in [0.5, 0.6) is 0 Å². The highest BCUT2D eigenvalue weighted by Gasteiger charge is 2.26. The van der Waals surface area contributed by atoms with Crippen molar-refractivity contribution >= 4 is 22.6 Å². The molecular weight excluding hydrogens is 294 g/mol. The molecule has 0 bridgehead atoms. The Hall–Kier alpha value is 0.480. The molecule has 0 aromatic rings. The van der Waals surface area contributed by atoms with Gasteiger partial charge in [0.2, 0.25) is 0 Å². The van der Waals surface area contributed by atoms with Gasteiger partial charge in [-0.1, -0.05) is 36.4 Å². The first-order valence-electron chi connectivity index (χ1n) is 4.23. The Bertz CT molecular complexity index is 136. The molecule has 0 aromatic heterocycles. The molecule has 0 radical (unpaired) electrons. The van der Waals surface area contributed by atoms with E-state index in [1.54, 1.807) is 0 Å². The highest BCUT2D eigenvalue weighted by atomic mass is 127. The maximum Gasteiger partial charge on any atom is 0.390 e. The van der Waals surface area contributed by atoms with Crippen LogP contribution in [-0.4, -0.2) is 23.2 Å². The molecule has 1 unspecified atom stereocenters. The molecular formula is C8H15F3IN. The fraction of sp³-hybridized carbons (Fsp3) is 1.00. The molecule has 0 amide bonds. The van der Waals surface area contributed by atoms with Crippen LogP contribution in [0.2, 0.25) is 0 Å². The van der Waals surface area contributed by atoms with Crippen molar-refractivity contribution < 1.29 is 13.2 Å². The monoisotopic (exact) mass is 309 g/mol. The van der Waals surface area contributed by atoms with Gasteiger partial charge in [-0.2, -0.15) is 13.2 Å². The zero-order valence-electron chi connectivity index (χ0n) is 7.79. The average molecular weight is 309 g/mol. The van der Waals surface area contributed by atoms with Crippen molar-refractivity contribution in [2.45, 2.75) is 32.5 Å². The van der Waals surface area contributed by atoms with Crippen molar-refractivity contribution in [3.05, 3.63) is 0 Å². The smallest absolute Gasteiger partial charge is 0.313 e. The normalized spacial score (nSPS) is 15.0. The van der Waals surface area contributed by atoms with Gasteiger partial charge in [-0.25, -0.2) is 0 Å². The molecule has 0 aliphatic rings. The van der Waals surface area contributed by atoms with E-state index in [1.165, 1.54) is 0 Å². The third-order valence-corrected chi connectivity index (χ3v) is 2.73.